The highest BCUT2D eigenvalue weighted by atomic mass is 32.2. The van der Waals surface area contributed by atoms with Gasteiger partial charge in [-0.2, -0.15) is 10.2 Å². The Labute approximate surface area is 176 Å². The molecule has 2 aromatic heterocycles. The average Bonchev–Trinajstić information content (AvgIpc) is 3.35. The van der Waals surface area contributed by atoms with Crippen LogP contribution in [-0.2, 0) is 14.8 Å². The Kier molecular flexibility index (Phi) is 5.77. The first-order valence-electron chi connectivity index (χ1n) is 10.1. The molecule has 8 nitrogen and oxygen atoms in total. The maximum Gasteiger partial charge on any atom is 0.244 e. The minimum absolute atomic E-state index is 0.181. The van der Waals surface area contributed by atoms with Gasteiger partial charge in [-0.25, -0.2) is 17.8 Å². The Bertz CT molecular complexity index is 1110. The van der Waals surface area contributed by atoms with Crippen LogP contribution in [-0.4, -0.2) is 41.2 Å². The zero-order valence-corrected chi connectivity index (χ0v) is 18.3. The molecule has 0 bridgehead atoms. The molecular weight excluding hydrogens is 402 g/mol. The van der Waals surface area contributed by atoms with Crippen LogP contribution in [0.2, 0.25) is 0 Å². The Morgan fingerprint density at radius 2 is 1.87 bits per heavy atom. The summed E-state index contributed by atoms with van der Waals surface area (Å²) in [7, 11) is -3.67. The molecule has 0 saturated carbocycles. The number of hydrogen-bond acceptors (Lipinski definition) is 5. The molecule has 0 amide bonds. The predicted octanol–water partition coefficient (Wildman–Crippen LogP) is 3.08. The fourth-order valence-corrected chi connectivity index (χ4v) is 4.94. The lowest BCUT2D eigenvalue weighted by Crippen LogP contribution is -2.26. The molecule has 1 saturated heterocycles. The average molecular weight is 430 g/mol. The smallest absolute Gasteiger partial charge is 0.244 e. The third kappa shape index (κ3) is 4.33. The van der Waals surface area contributed by atoms with Gasteiger partial charge in [0.1, 0.15) is 4.90 Å². The molecule has 0 radical (unpaired) electrons. The van der Waals surface area contributed by atoms with Crippen LogP contribution >= 0.6 is 0 Å². The van der Waals surface area contributed by atoms with E-state index in [-0.39, 0.29) is 17.0 Å². The van der Waals surface area contributed by atoms with E-state index in [0.717, 1.165) is 35.5 Å². The van der Waals surface area contributed by atoms with E-state index in [0.29, 0.717) is 13.2 Å². The highest BCUT2D eigenvalue weighted by Gasteiger charge is 2.23. The van der Waals surface area contributed by atoms with Crippen molar-refractivity contribution >= 4 is 10.0 Å². The van der Waals surface area contributed by atoms with Crippen molar-refractivity contribution in [2.24, 2.45) is 0 Å². The Morgan fingerprint density at radius 3 is 2.50 bits per heavy atom. The van der Waals surface area contributed by atoms with E-state index >= 15 is 0 Å². The van der Waals surface area contributed by atoms with E-state index in [1.807, 2.05) is 55.8 Å². The Balaban J connectivity index is 1.47. The number of nitrogens with one attached hydrogen (secondary N) is 1. The molecule has 0 unspecified atom stereocenters. The maximum absolute atomic E-state index is 12.8. The highest BCUT2D eigenvalue weighted by Crippen LogP contribution is 2.23. The lowest BCUT2D eigenvalue weighted by atomic mass is 10.1. The van der Waals surface area contributed by atoms with Gasteiger partial charge in [0.2, 0.25) is 10.0 Å². The molecule has 0 spiro atoms. The fourth-order valence-electron chi connectivity index (χ4n) is 3.77. The summed E-state index contributed by atoms with van der Waals surface area (Å²) >= 11 is 0. The lowest BCUT2D eigenvalue weighted by Gasteiger charge is -2.22. The third-order valence-corrected chi connectivity index (χ3v) is 6.93. The number of sulfonamides is 1. The van der Waals surface area contributed by atoms with Gasteiger partial charge >= 0.3 is 0 Å². The van der Waals surface area contributed by atoms with Crippen LogP contribution in [0.15, 0.2) is 47.6 Å². The van der Waals surface area contributed by atoms with Gasteiger partial charge in [0.05, 0.1) is 23.6 Å². The van der Waals surface area contributed by atoms with Gasteiger partial charge < -0.3 is 4.74 Å². The summed E-state index contributed by atoms with van der Waals surface area (Å²) in [4.78, 5) is 0.181. The number of rotatable bonds is 6. The van der Waals surface area contributed by atoms with Crippen LogP contribution in [0.5, 0.6) is 0 Å². The predicted molar refractivity (Wildman–Crippen MR) is 113 cm³/mol. The second-order valence-electron chi connectivity index (χ2n) is 7.77. The molecule has 1 atom stereocenters. The SMILES string of the molecule is Cc1cc(C)n(-c2ccc([C@@H](C)NS(=O)(=O)c3cnn(C4CCOCC4)c3)cc2)n1. The summed E-state index contributed by atoms with van der Waals surface area (Å²) in [6.45, 7) is 7.15. The minimum Gasteiger partial charge on any atom is -0.381 e. The highest BCUT2D eigenvalue weighted by molar-refractivity contribution is 7.89. The van der Waals surface area contributed by atoms with Gasteiger partial charge in [0.25, 0.3) is 0 Å². The van der Waals surface area contributed by atoms with Gasteiger partial charge in [-0.15, -0.1) is 0 Å². The molecule has 1 N–H and O–H groups in total. The second-order valence-corrected chi connectivity index (χ2v) is 9.49. The molecule has 1 aliphatic rings. The molecule has 1 fully saturated rings. The van der Waals surface area contributed by atoms with Crippen molar-refractivity contribution in [1.29, 1.82) is 0 Å². The van der Waals surface area contributed by atoms with Crippen molar-refractivity contribution in [3.8, 4) is 5.69 Å². The molecule has 3 aromatic rings. The normalized spacial score (nSPS) is 16.6. The quantitative estimate of drug-likeness (QED) is 0.650. The van der Waals surface area contributed by atoms with Gasteiger partial charge in [0.15, 0.2) is 0 Å². The van der Waals surface area contributed by atoms with Crippen molar-refractivity contribution < 1.29 is 13.2 Å². The van der Waals surface area contributed by atoms with Gasteiger partial charge in [-0.3, -0.25) is 4.68 Å². The maximum atomic E-state index is 12.8. The van der Waals surface area contributed by atoms with Crippen LogP contribution in [0.1, 0.15) is 48.8 Å². The van der Waals surface area contributed by atoms with E-state index < -0.39 is 10.0 Å². The standard InChI is InChI=1S/C21H27N5O3S/c1-15-12-16(2)26(23-15)20-6-4-18(5-7-20)17(3)24-30(27,28)21-13-22-25(14-21)19-8-10-29-11-9-19/h4-7,12-14,17,19,24H,8-11H2,1-3H3/t17-/m1/s1. The molecule has 1 aromatic carbocycles. The number of nitrogens with zero attached hydrogens (tertiary/aromatic N) is 4. The van der Waals surface area contributed by atoms with E-state index in [9.17, 15) is 8.42 Å². The van der Waals surface area contributed by atoms with Crippen molar-refractivity contribution in [2.75, 3.05) is 13.2 Å². The molecule has 9 heteroatoms. The zero-order chi connectivity index (χ0) is 21.3. The Morgan fingerprint density at radius 1 is 1.17 bits per heavy atom. The molecule has 0 aliphatic carbocycles. The monoisotopic (exact) mass is 429 g/mol. The molecule has 160 valence electrons. The summed E-state index contributed by atoms with van der Waals surface area (Å²) in [5.74, 6) is 0. The fraction of sp³-hybridized carbons (Fsp3) is 0.429. The summed E-state index contributed by atoms with van der Waals surface area (Å²) < 4.78 is 37.4. The Hall–Kier alpha value is -2.49. The van der Waals surface area contributed by atoms with E-state index in [1.165, 1.54) is 6.20 Å². The molecule has 4 rings (SSSR count). The first-order valence-corrected chi connectivity index (χ1v) is 11.6. The van der Waals surface area contributed by atoms with Crippen LogP contribution in [0.4, 0.5) is 0 Å². The number of ether oxygens (including phenoxy) is 1. The molecule has 3 heterocycles. The first-order chi connectivity index (χ1) is 14.3. The van der Waals surface area contributed by atoms with Crippen molar-refractivity contribution in [1.82, 2.24) is 24.3 Å². The summed E-state index contributed by atoms with van der Waals surface area (Å²) in [6, 6.07) is 9.56. The first kappa shape index (κ1) is 20.8. The zero-order valence-electron chi connectivity index (χ0n) is 17.4. The molecular formula is C21H27N5O3S. The van der Waals surface area contributed by atoms with E-state index in [1.54, 1.807) is 10.9 Å². The summed E-state index contributed by atoms with van der Waals surface area (Å²) in [5, 5.41) is 8.76. The minimum atomic E-state index is -3.67. The van der Waals surface area contributed by atoms with Crippen molar-refractivity contribution in [3.63, 3.8) is 0 Å². The number of aryl methyl sites for hydroxylation is 2. The van der Waals surface area contributed by atoms with Crippen LogP contribution < -0.4 is 4.72 Å². The summed E-state index contributed by atoms with van der Waals surface area (Å²) in [6.07, 6.45) is 4.70. The second kappa shape index (κ2) is 8.33. The van der Waals surface area contributed by atoms with E-state index in [4.69, 9.17) is 4.74 Å². The van der Waals surface area contributed by atoms with Crippen molar-refractivity contribution in [2.45, 2.75) is 50.6 Å². The third-order valence-electron chi connectivity index (χ3n) is 5.43. The van der Waals surface area contributed by atoms with Crippen molar-refractivity contribution in [3.05, 3.63) is 59.7 Å². The van der Waals surface area contributed by atoms with Gasteiger partial charge in [-0.1, -0.05) is 12.1 Å². The summed E-state index contributed by atoms with van der Waals surface area (Å²) in [5.41, 5.74) is 3.83. The van der Waals surface area contributed by atoms with Gasteiger partial charge in [0, 0.05) is 31.1 Å². The number of aromatic nitrogens is 4. The number of hydrogen-bond donors (Lipinski definition) is 1. The topological polar surface area (TPSA) is 91.0 Å². The molecule has 30 heavy (non-hydrogen) atoms. The number of benzene rings is 1. The van der Waals surface area contributed by atoms with E-state index in [2.05, 4.69) is 14.9 Å². The van der Waals surface area contributed by atoms with Gasteiger partial charge in [-0.05, 0) is 57.4 Å². The van der Waals surface area contributed by atoms with Crippen LogP contribution in [0.3, 0.4) is 0 Å². The van der Waals surface area contributed by atoms with Crippen LogP contribution in [0.25, 0.3) is 5.69 Å². The lowest BCUT2D eigenvalue weighted by molar-refractivity contribution is 0.0662. The largest absolute Gasteiger partial charge is 0.381 e. The van der Waals surface area contributed by atoms with Crippen LogP contribution in [0, 0.1) is 13.8 Å². The molecule has 1 aliphatic heterocycles.